The molecule has 104 valence electrons. The number of thiophene rings is 1. The van der Waals surface area contributed by atoms with Gasteiger partial charge in [-0.3, -0.25) is 4.79 Å². The molecule has 0 bridgehead atoms. The Bertz CT molecular complexity index is 675. The summed E-state index contributed by atoms with van der Waals surface area (Å²) in [5.41, 5.74) is 7.01. The molecule has 0 radical (unpaired) electrons. The zero-order valence-electron chi connectivity index (χ0n) is 11.0. The average molecular weight is 308 g/mol. The van der Waals surface area contributed by atoms with E-state index < -0.39 is 5.82 Å². The topological polar surface area (TPSA) is 55.1 Å². The largest absolute Gasteiger partial charge is 0.389 e. The molecule has 0 aliphatic heterocycles. The number of amides is 1. The highest BCUT2D eigenvalue weighted by Crippen LogP contribution is 2.23. The lowest BCUT2D eigenvalue weighted by Gasteiger charge is -2.06. The molecule has 1 aromatic heterocycles. The van der Waals surface area contributed by atoms with Crippen LogP contribution in [0, 0.1) is 19.7 Å². The minimum atomic E-state index is -0.561. The van der Waals surface area contributed by atoms with E-state index in [0.29, 0.717) is 10.4 Å². The van der Waals surface area contributed by atoms with E-state index in [0.717, 1.165) is 10.4 Å². The van der Waals surface area contributed by atoms with Crippen LogP contribution in [0.15, 0.2) is 24.3 Å². The number of carbonyl (C=O) groups is 1. The fraction of sp³-hybridized carbons (Fsp3) is 0.143. The second-order valence-corrected chi connectivity index (χ2v) is 6.06. The molecule has 0 atom stereocenters. The number of nitrogens with one attached hydrogen (secondary N) is 1. The summed E-state index contributed by atoms with van der Waals surface area (Å²) in [6.07, 6.45) is 0. The third-order valence-electron chi connectivity index (χ3n) is 2.89. The highest BCUT2D eigenvalue weighted by atomic mass is 32.1. The van der Waals surface area contributed by atoms with Gasteiger partial charge in [-0.05, 0) is 43.7 Å². The zero-order valence-corrected chi connectivity index (χ0v) is 12.6. The molecule has 0 aliphatic rings. The van der Waals surface area contributed by atoms with Crippen molar-refractivity contribution in [3.8, 4) is 0 Å². The highest BCUT2D eigenvalue weighted by molar-refractivity contribution is 7.80. The van der Waals surface area contributed by atoms with E-state index in [1.807, 2.05) is 13.8 Å². The zero-order chi connectivity index (χ0) is 14.9. The van der Waals surface area contributed by atoms with Crippen molar-refractivity contribution in [2.75, 3.05) is 5.32 Å². The summed E-state index contributed by atoms with van der Waals surface area (Å²) in [4.78, 5) is 13.8. The Balaban J connectivity index is 2.21. The number of hydrogen-bond acceptors (Lipinski definition) is 3. The first kappa shape index (κ1) is 14.6. The van der Waals surface area contributed by atoms with E-state index in [1.54, 1.807) is 12.1 Å². The summed E-state index contributed by atoms with van der Waals surface area (Å²) >= 11 is 6.15. The van der Waals surface area contributed by atoms with Gasteiger partial charge in [-0.2, -0.15) is 0 Å². The quantitative estimate of drug-likeness (QED) is 0.855. The summed E-state index contributed by atoms with van der Waals surface area (Å²) in [6, 6.07) is 6.03. The molecule has 20 heavy (non-hydrogen) atoms. The minimum absolute atomic E-state index is 0.110. The van der Waals surface area contributed by atoms with Crippen molar-refractivity contribution in [1.29, 1.82) is 0 Å². The Labute approximate surface area is 125 Å². The third-order valence-corrected chi connectivity index (χ3v) is 4.28. The van der Waals surface area contributed by atoms with Gasteiger partial charge >= 0.3 is 0 Å². The molecule has 0 aliphatic carbocycles. The van der Waals surface area contributed by atoms with Crippen LogP contribution in [0.2, 0.25) is 0 Å². The molecule has 0 fully saturated rings. The first-order valence-electron chi connectivity index (χ1n) is 5.86. The van der Waals surface area contributed by atoms with Crippen LogP contribution in [0.5, 0.6) is 0 Å². The fourth-order valence-corrected chi connectivity index (χ4v) is 2.69. The molecule has 2 rings (SSSR count). The molecular formula is C14H13FN2OS2. The molecular weight excluding hydrogens is 295 g/mol. The van der Waals surface area contributed by atoms with Gasteiger partial charge in [-0.15, -0.1) is 11.3 Å². The van der Waals surface area contributed by atoms with E-state index in [4.69, 9.17) is 18.0 Å². The molecule has 6 heteroatoms. The Morgan fingerprint density at radius 2 is 2.05 bits per heavy atom. The van der Waals surface area contributed by atoms with E-state index in [9.17, 15) is 9.18 Å². The Kier molecular flexibility index (Phi) is 4.15. The summed E-state index contributed by atoms with van der Waals surface area (Å²) in [6.45, 7) is 3.87. The van der Waals surface area contributed by atoms with Gasteiger partial charge in [-0.25, -0.2) is 4.39 Å². The molecule has 1 aromatic carbocycles. The normalized spacial score (nSPS) is 10.3. The van der Waals surface area contributed by atoms with Crippen molar-refractivity contribution in [2.45, 2.75) is 13.8 Å². The van der Waals surface area contributed by atoms with Crippen LogP contribution in [0.25, 0.3) is 0 Å². The number of anilines is 1. The Morgan fingerprint density at radius 3 is 2.55 bits per heavy atom. The monoisotopic (exact) mass is 308 g/mol. The number of benzene rings is 1. The SMILES string of the molecule is Cc1cc(C(=O)Nc2ccc(C(N)=S)cc2F)sc1C. The summed E-state index contributed by atoms with van der Waals surface area (Å²) in [5, 5.41) is 2.55. The second-order valence-electron chi connectivity index (χ2n) is 4.36. The van der Waals surface area contributed by atoms with Gasteiger partial charge in [0.25, 0.3) is 5.91 Å². The van der Waals surface area contributed by atoms with E-state index >= 15 is 0 Å². The van der Waals surface area contributed by atoms with Crippen LogP contribution in [0.1, 0.15) is 25.7 Å². The molecule has 2 aromatic rings. The molecule has 0 saturated carbocycles. The lowest BCUT2D eigenvalue weighted by atomic mass is 10.2. The van der Waals surface area contributed by atoms with Crippen LogP contribution < -0.4 is 11.1 Å². The molecule has 0 saturated heterocycles. The molecule has 3 N–H and O–H groups in total. The van der Waals surface area contributed by atoms with Crippen LogP contribution in [0.3, 0.4) is 0 Å². The molecule has 0 spiro atoms. The maximum Gasteiger partial charge on any atom is 0.265 e. The molecule has 3 nitrogen and oxygen atoms in total. The number of hydrogen-bond donors (Lipinski definition) is 2. The van der Waals surface area contributed by atoms with E-state index in [2.05, 4.69) is 5.32 Å². The minimum Gasteiger partial charge on any atom is -0.389 e. The fourth-order valence-electron chi connectivity index (χ4n) is 1.64. The van der Waals surface area contributed by atoms with Crippen molar-refractivity contribution >= 4 is 40.1 Å². The molecule has 1 amide bonds. The second kappa shape index (κ2) is 5.68. The Hall–Kier alpha value is -1.79. The summed E-state index contributed by atoms with van der Waals surface area (Å²) in [5.74, 6) is -0.887. The highest BCUT2D eigenvalue weighted by Gasteiger charge is 2.13. The Morgan fingerprint density at radius 1 is 1.35 bits per heavy atom. The number of halogens is 1. The number of rotatable bonds is 3. The van der Waals surface area contributed by atoms with Crippen LogP contribution in [0.4, 0.5) is 10.1 Å². The van der Waals surface area contributed by atoms with Gasteiger partial charge in [-0.1, -0.05) is 12.2 Å². The van der Waals surface area contributed by atoms with Gasteiger partial charge < -0.3 is 11.1 Å². The number of thiocarbonyl (C=S) groups is 1. The first-order valence-corrected chi connectivity index (χ1v) is 7.08. The van der Waals surface area contributed by atoms with Gasteiger partial charge in [0.05, 0.1) is 10.6 Å². The van der Waals surface area contributed by atoms with Crippen LogP contribution >= 0.6 is 23.6 Å². The smallest absolute Gasteiger partial charge is 0.265 e. The number of nitrogens with two attached hydrogens (primary N) is 1. The summed E-state index contributed by atoms with van der Waals surface area (Å²) in [7, 11) is 0. The van der Waals surface area contributed by atoms with E-state index in [-0.39, 0.29) is 16.6 Å². The van der Waals surface area contributed by atoms with Crippen LogP contribution in [-0.4, -0.2) is 10.9 Å². The average Bonchev–Trinajstić information content (AvgIpc) is 2.72. The van der Waals surface area contributed by atoms with Gasteiger partial charge in [0.15, 0.2) is 0 Å². The number of carbonyl (C=O) groups excluding carboxylic acids is 1. The van der Waals surface area contributed by atoms with Gasteiger partial charge in [0.2, 0.25) is 0 Å². The number of aryl methyl sites for hydroxylation is 2. The van der Waals surface area contributed by atoms with E-state index in [1.165, 1.54) is 23.5 Å². The van der Waals surface area contributed by atoms with Crippen LogP contribution in [-0.2, 0) is 0 Å². The first-order chi connectivity index (χ1) is 9.38. The van der Waals surface area contributed by atoms with Crippen molar-refractivity contribution in [2.24, 2.45) is 5.73 Å². The van der Waals surface area contributed by atoms with Crippen molar-refractivity contribution in [1.82, 2.24) is 0 Å². The standard InChI is InChI=1S/C14H13FN2OS2/c1-7-5-12(20-8(7)2)14(18)17-11-4-3-9(13(16)19)6-10(11)15/h3-6H,1-2H3,(H2,16,19)(H,17,18). The lowest BCUT2D eigenvalue weighted by molar-refractivity contribution is 0.103. The van der Waals surface area contributed by atoms with Crippen molar-refractivity contribution < 1.29 is 9.18 Å². The summed E-state index contributed by atoms with van der Waals surface area (Å²) < 4.78 is 13.8. The van der Waals surface area contributed by atoms with Gasteiger partial charge in [0, 0.05) is 10.4 Å². The maximum atomic E-state index is 13.8. The molecule has 0 unspecified atom stereocenters. The molecule has 1 heterocycles. The predicted octanol–water partition coefficient (Wildman–Crippen LogP) is 3.39. The maximum absolute atomic E-state index is 13.8. The lowest BCUT2D eigenvalue weighted by Crippen LogP contribution is -2.13. The predicted molar refractivity (Wildman–Crippen MR) is 84.0 cm³/mol. The van der Waals surface area contributed by atoms with Gasteiger partial charge in [0.1, 0.15) is 10.8 Å². The third kappa shape index (κ3) is 3.02. The van der Waals surface area contributed by atoms with Crippen molar-refractivity contribution in [3.63, 3.8) is 0 Å². The van der Waals surface area contributed by atoms with Crippen molar-refractivity contribution in [3.05, 3.63) is 51.0 Å².